The predicted octanol–water partition coefficient (Wildman–Crippen LogP) is 1.34. The van der Waals surface area contributed by atoms with Crippen LogP contribution in [0.2, 0.25) is 0 Å². The summed E-state index contributed by atoms with van der Waals surface area (Å²) in [4.78, 5) is 0. The van der Waals surface area contributed by atoms with E-state index in [0.29, 0.717) is 0 Å². The average Bonchev–Trinajstić information content (AvgIpc) is 1.30. The molecule has 0 amide bonds. The first-order valence-corrected chi connectivity index (χ1v) is 2.88. The van der Waals surface area contributed by atoms with E-state index in [1.807, 2.05) is 7.05 Å². The molecule has 3 heteroatoms. The molecule has 0 spiro atoms. The summed E-state index contributed by atoms with van der Waals surface area (Å²) in [6.07, 6.45) is 0. The summed E-state index contributed by atoms with van der Waals surface area (Å²) in [5, 5.41) is 3.03. The Balaban J connectivity index is 0. The zero-order valence-electron chi connectivity index (χ0n) is 5.56. The van der Waals surface area contributed by atoms with Crippen LogP contribution in [0.3, 0.4) is 0 Å². The molecule has 0 radical (unpaired) electrons. The van der Waals surface area contributed by atoms with Crippen molar-refractivity contribution < 1.29 is 0 Å². The van der Waals surface area contributed by atoms with Gasteiger partial charge in [0.1, 0.15) is 0 Å². The molecule has 0 fully saturated rings. The number of rotatable bonds is 2. The highest BCUT2D eigenvalue weighted by atomic mass is 35.5. The van der Waals surface area contributed by atoms with E-state index < -0.39 is 0 Å². The van der Waals surface area contributed by atoms with Gasteiger partial charge >= 0.3 is 0 Å². The third-order valence-corrected chi connectivity index (χ3v) is 0.768. The number of halogens is 1. The molecule has 0 saturated carbocycles. The van der Waals surface area contributed by atoms with Gasteiger partial charge in [0.15, 0.2) is 0 Å². The van der Waals surface area contributed by atoms with Crippen molar-refractivity contribution in [1.82, 2.24) is 5.32 Å². The topological polar surface area (TPSA) is 12.0 Å². The van der Waals surface area contributed by atoms with Crippen molar-refractivity contribution in [2.75, 3.05) is 13.6 Å². The van der Waals surface area contributed by atoms with Gasteiger partial charge in [-0.05, 0) is 20.9 Å². The first-order chi connectivity index (χ1) is 3.06. The van der Waals surface area contributed by atoms with Gasteiger partial charge < -0.3 is 5.32 Å². The lowest BCUT2D eigenvalue weighted by Crippen LogP contribution is -2.26. The van der Waals surface area contributed by atoms with E-state index in [1.165, 1.54) is 0 Å². The van der Waals surface area contributed by atoms with Crippen LogP contribution in [-0.4, -0.2) is 18.3 Å². The molecule has 0 aromatic rings. The van der Waals surface area contributed by atoms with Gasteiger partial charge in [-0.2, -0.15) is 12.6 Å². The molecule has 0 heterocycles. The monoisotopic (exact) mass is 155 g/mol. The maximum absolute atomic E-state index is 4.27. The van der Waals surface area contributed by atoms with Gasteiger partial charge in [0.25, 0.3) is 0 Å². The Hall–Kier alpha value is 0.600. The van der Waals surface area contributed by atoms with E-state index in [1.54, 1.807) is 0 Å². The molecule has 1 nitrogen and oxygen atoms in total. The first-order valence-electron chi connectivity index (χ1n) is 2.43. The van der Waals surface area contributed by atoms with Crippen molar-refractivity contribution in [2.45, 2.75) is 18.6 Å². The highest BCUT2D eigenvalue weighted by molar-refractivity contribution is 7.81. The SMILES string of the molecule is CNCC(C)(C)S.Cl. The third kappa shape index (κ3) is 9.78. The molecule has 0 atom stereocenters. The Labute approximate surface area is 63.1 Å². The second-order valence-electron chi connectivity index (χ2n) is 2.34. The predicted molar refractivity (Wildman–Crippen MR) is 44.2 cm³/mol. The molecule has 0 aliphatic rings. The van der Waals surface area contributed by atoms with Gasteiger partial charge in [0.05, 0.1) is 0 Å². The molecule has 52 valence electrons. The summed E-state index contributed by atoms with van der Waals surface area (Å²) < 4.78 is 0.134. The van der Waals surface area contributed by atoms with Gasteiger partial charge in [-0.25, -0.2) is 0 Å². The Morgan fingerprint density at radius 1 is 1.50 bits per heavy atom. The van der Waals surface area contributed by atoms with Crippen LogP contribution < -0.4 is 5.32 Å². The standard InChI is InChI=1S/C5H13NS.ClH/c1-5(2,7)4-6-3;/h6-7H,4H2,1-3H3;1H. The fourth-order valence-electron chi connectivity index (χ4n) is 0.433. The summed E-state index contributed by atoms with van der Waals surface area (Å²) in [6.45, 7) is 5.11. The minimum Gasteiger partial charge on any atom is -0.318 e. The second kappa shape index (κ2) is 4.48. The molecule has 1 N–H and O–H groups in total. The van der Waals surface area contributed by atoms with E-state index in [-0.39, 0.29) is 17.2 Å². The molecule has 0 aliphatic heterocycles. The van der Waals surface area contributed by atoms with Gasteiger partial charge in [0.2, 0.25) is 0 Å². The van der Waals surface area contributed by atoms with Crippen LogP contribution in [0.5, 0.6) is 0 Å². The summed E-state index contributed by atoms with van der Waals surface area (Å²) in [6, 6.07) is 0. The molecular weight excluding hydrogens is 142 g/mol. The Kier molecular flexibility index (Phi) is 6.38. The van der Waals surface area contributed by atoms with Crippen molar-refractivity contribution in [2.24, 2.45) is 0 Å². The lowest BCUT2D eigenvalue weighted by Gasteiger charge is -2.14. The van der Waals surface area contributed by atoms with Crippen LogP contribution in [-0.2, 0) is 0 Å². The average molecular weight is 156 g/mol. The highest BCUT2D eigenvalue weighted by Crippen LogP contribution is 2.08. The van der Waals surface area contributed by atoms with E-state index >= 15 is 0 Å². The van der Waals surface area contributed by atoms with Crippen LogP contribution in [0.1, 0.15) is 13.8 Å². The van der Waals surface area contributed by atoms with Crippen LogP contribution in [0.15, 0.2) is 0 Å². The third-order valence-electron chi connectivity index (χ3n) is 0.609. The first kappa shape index (κ1) is 11.4. The highest BCUT2D eigenvalue weighted by Gasteiger charge is 2.07. The van der Waals surface area contributed by atoms with Gasteiger partial charge in [-0.1, -0.05) is 0 Å². The fourth-order valence-corrected chi connectivity index (χ4v) is 0.591. The minimum atomic E-state index is 0. The fraction of sp³-hybridized carbons (Fsp3) is 1.00. The number of thiol groups is 1. The molecule has 0 aromatic carbocycles. The summed E-state index contributed by atoms with van der Waals surface area (Å²) in [7, 11) is 1.93. The normalized spacial score (nSPS) is 10.5. The molecule has 0 unspecified atom stereocenters. The molecule has 0 aliphatic carbocycles. The smallest absolute Gasteiger partial charge is 0.0197 e. The van der Waals surface area contributed by atoms with Crippen molar-refractivity contribution in [1.29, 1.82) is 0 Å². The lowest BCUT2D eigenvalue weighted by molar-refractivity contribution is 0.647. The van der Waals surface area contributed by atoms with Gasteiger partial charge in [-0.15, -0.1) is 12.4 Å². The zero-order chi connectivity index (χ0) is 5.91. The Morgan fingerprint density at radius 2 is 1.88 bits per heavy atom. The van der Waals surface area contributed by atoms with Crippen molar-refractivity contribution in [3.05, 3.63) is 0 Å². The maximum Gasteiger partial charge on any atom is 0.0197 e. The molecule has 0 bridgehead atoms. The Bertz CT molecular complexity index is 50.9. The summed E-state index contributed by atoms with van der Waals surface area (Å²) in [5.74, 6) is 0. The maximum atomic E-state index is 4.27. The zero-order valence-corrected chi connectivity index (χ0v) is 7.27. The van der Waals surface area contributed by atoms with Crippen LogP contribution in [0.4, 0.5) is 0 Å². The summed E-state index contributed by atoms with van der Waals surface area (Å²) in [5.41, 5.74) is 0. The Morgan fingerprint density at radius 3 is 1.88 bits per heavy atom. The van der Waals surface area contributed by atoms with Crippen LogP contribution in [0.25, 0.3) is 0 Å². The number of hydrogen-bond acceptors (Lipinski definition) is 2. The van der Waals surface area contributed by atoms with Crippen molar-refractivity contribution in [3.8, 4) is 0 Å². The molecule has 0 aromatic heterocycles. The van der Waals surface area contributed by atoms with Crippen LogP contribution in [0, 0.1) is 0 Å². The van der Waals surface area contributed by atoms with Crippen molar-refractivity contribution in [3.63, 3.8) is 0 Å². The number of hydrogen-bond donors (Lipinski definition) is 2. The molecule has 0 rings (SSSR count). The van der Waals surface area contributed by atoms with E-state index in [4.69, 9.17) is 0 Å². The lowest BCUT2D eigenvalue weighted by atomic mass is 10.2. The summed E-state index contributed by atoms with van der Waals surface area (Å²) >= 11 is 4.27. The second-order valence-corrected chi connectivity index (χ2v) is 3.55. The van der Waals surface area contributed by atoms with Crippen molar-refractivity contribution >= 4 is 25.0 Å². The quantitative estimate of drug-likeness (QED) is 0.574. The van der Waals surface area contributed by atoms with E-state index in [0.717, 1.165) is 6.54 Å². The molecule has 8 heavy (non-hydrogen) atoms. The van der Waals surface area contributed by atoms with Gasteiger partial charge in [0, 0.05) is 11.3 Å². The molecular formula is C5H14ClNS. The van der Waals surface area contributed by atoms with Crippen LogP contribution >= 0.6 is 25.0 Å². The minimum absolute atomic E-state index is 0. The molecule has 0 saturated heterocycles. The largest absolute Gasteiger partial charge is 0.318 e. The number of nitrogens with one attached hydrogen (secondary N) is 1. The van der Waals surface area contributed by atoms with E-state index in [9.17, 15) is 0 Å². The van der Waals surface area contributed by atoms with E-state index in [2.05, 4.69) is 31.8 Å². The van der Waals surface area contributed by atoms with Gasteiger partial charge in [-0.3, -0.25) is 0 Å².